The van der Waals surface area contributed by atoms with Gasteiger partial charge in [0.2, 0.25) is 5.91 Å². The average Bonchev–Trinajstić information content (AvgIpc) is 2.40. The van der Waals surface area contributed by atoms with Crippen LogP contribution in [0.1, 0.15) is 15.9 Å². The van der Waals surface area contributed by atoms with Crippen LogP contribution in [0.2, 0.25) is 0 Å². The van der Waals surface area contributed by atoms with Crippen LogP contribution in [0.4, 0.5) is 5.69 Å². The van der Waals surface area contributed by atoms with Crippen LogP contribution in [0, 0.1) is 6.92 Å². The summed E-state index contributed by atoms with van der Waals surface area (Å²) >= 11 is 0. The molecule has 1 atom stereocenters. The fraction of sp³-hybridized carbons (Fsp3) is 0.385. The summed E-state index contributed by atoms with van der Waals surface area (Å²) in [6.07, 6.45) is 0. The van der Waals surface area contributed by atoms with E-state index in [0.29, 0.717) is 16.8 Å². The number of hydrogen-bond donors (Lipinski definition) is 3. The first kappa shape index (κ1) is 15.1. The molecule has 0 fully saturated rings. The van der Waals surface area contributed by atoms with E-state index in [0.717, 1.165) is 0 Å². The highest BCUT2D eigenvalue weighted by molar-refractivity contribution is 6.00. The molecule has 0 aromatic heterocycles. The number of nitrogens with two attached hydrogens (primary N) is 1. The quantitative estimate of drug-likeness (QED) is 0.712. The van der Waals surface area contributed by atoms with E-state index in [-0.39, 0.29) is 18.4 Å². The number of methoxy groups -OCH3 is 1. The molecule has 0 aliphatic heterocycles. The van der Waals surface area contributed by atoms with Crippen molar-refractivity contribution in [1.29, 1.82) is 0 Å². The lowest BCUT2D eigenvalue weighted by atomic mass is 10.1. The predicted octanol–water partition coefficient (Wildman–Crippen LogP) is 0.267. The van der Waals surface area contributed by atoms with Crippen LogP contribution >= 0.6 is 0 Å². The molecule has 0 radical (unpaired) electrons. The third-order valence-electron chi connectivity index (χ3n) is 2.75. The molecule has 6 nitrogen and oxygen atoms in total. The van der Waals surface area contributed by atoms with E-state index in [1.165, 1.54) is 7.11 Å². The zero-order chi connectivity index (χ0) is 14.4. The molecule has 19 heavy (non-hydrogen) atoms. The van der Waals surface area contributed by atoms with Crippen molar-refractivity contribution in [3.05, 3.63) is 29.3 Å². The van der Waals surface area contributed by atoms with Gasteiger partial charge in [-0.25, -0.2) is 0 Å². The number of benzene rings is 1. The Morgan fingerprint density at radius 3 is 2.68 bits per heavy atom. The van der Waals surface area contributed by atoms with Crippen molar-refractivity contribution in [2.75, 3.05) is 26.1 Å². The van der Waals surface area contributed by atoms with Crippen molar-refractivity contribution in [3.63, 3.8) is 0 Å². The Balaban J connectivity index is 2.90. The number of nitrogens with one attached hydrogen (secondary N) is 2. The van der Waals surface area contributed by atoms with Gasteiger partial charge in [0, 0.05) is 25.4 Å². The maximum absolute atomic E-state index is 11.8. The molecular weight excluding hydrogens is 246 g/mol. The summed E-state index contributed by atoms with van der Waals surface area (Å²) in [6.45, 7) is 1.90. The van der Waals surface area contributed by atoms with Gasteiger partial charge in [-0.3, -0.25) is 9.59 Å². The monoisotopic (exact) mass is 265 g/mol. The third kappa shape index (κ3) is 3.77. The minimum absolute atomic E-state index is 0.139. The minimum atomic E-state index is -0.743. The van der Waals surface area contributed by atoms with Gasteiger partial charge in [-0.1, -0.05) is 6.07 Å². The summed E-state index contributed by atoms with van der Waals surface area (Å²) in [5.41, 5.74) is 7.41. The molecule has 0 saturated carbocycles. The first-order valence-electron chi connectivity index (χ1n) is 5.88. The SMILES string of the molecule is CNC(=O)c1cccc(NC(=O)C(N)COC)c1C. The van der Waals surface area contributed by atoms with Crippen molar-refractivity contribution in [2.45, 2.75) is 13.0 Å². The summed E-state index contributed by atoms with van der Waals surface area (Å²) < 4.78 is 4.82. The minimum Gasteiger partial charge on any atom is -0.383 e. The van der Waals surface area contributed by atoms with Crippen molar-refractivity contribution < 1.29 is 14.3 Å². The maximum atomic E-state index is 11.8. The van der Waals surface area contributed by atoms with E-state index in [9.17, 15) is 9.59 Å². The van der Waals surface area contributed by atoms with Crippen LogP contribution in [-0.2, 0) is 9.53 Å². The Kier molecular flexibility index (Phi) is 5.47. The standard InChI is InChI=1S/C13H19N3O3/c1-8-9(12(17)15-2)5-4-6-11(8)16-13(18)10(14)7-19-3/h4-6,10H,7,14H2,1-3H3,(H,15,17)(H,16,18). The van der Waals surface area contributed by atoms with E-state index < -0.39 is 6.04 Å². The summed E-state index contributed by atoms with van der Waals surface area (Å²) in [7, 11) is 3.03. The molecule has 0 heterocycles. The van der Waals surface area contributed by atoms with Gasteiger partial charge in [-0.05, 0) is 24.6 Å². The lowest BCUT2D eigenvalue weighted by Gasteiger charge is -2.14. The van der Waals surface area contributed by atoms with Gasteiger partial charge in [-0.2, -0.15) is 0 Å². The molecule has 6 heteroatoms. The summed E-state index contributed by atoms with van der Waals surface area (Å²) in [4.78, 5) is 23.4. The second-order valence-corrected chi connectivity index (χ2v) is 4.11. The van der Waals surface area contributed by atoms with Gasteiger partial charge >= 0.3 is 0 Å². The van der Waals surface area contributed by atoms with Gasteiger partial charge < -0.3 is 21.1 Å². The Morgan fingerprint density at radius 2 is 2.11 bits per heavy atom. The lowest BCUT2D eigenvalue weighted by Crippen LogP contribution is -2.39. The Morgan fingerprint density at radius 1 is 1.42 bits per heavy atom. The van der Waals surface area contributed by atoms with Crippen LogP contribution < -0.4 is 16.4 Å². The molecular formula is C13H19N3O3. The van der Waals surface area contributed by atoms with E-state index in [4.69, 9.17) is 10.5 Å². The summed E-state index contributed by atoms with van der Waals surface area (Å²) in [6, 6.07) is 4.38. The molecule has 104 valence electrons. The molecule has 1 aromatic carbocycles. The molecule has 4 N–H and O–H groups in total. The molecule has 0 saturated heterocycles. The Labute approximate surface area is 112 Å². The van der Waals surface area contributed by atoms with E-state index in [1.54, 1.807) is 32.2 Å². The van der Waals surface area contributed by atoms with Crippen molar-refractivity contribution >= 4 is 17.5 Å². The van der Waals surface area contributed by atoms with E-state index in [2.05, 4.69) is 10.6 Å². The Hall–Kier alpha value is -1.92. The van der Waals surface area contributed by atoms with E-state index >= 15 is 0 Å². The fourth-order valence-corrected chi connectivity index (χ4v) is 1.63. The zero-order valence-electron chi connectivity index (χ0n) is 11.3. The molecule has 1 aromatic rings. The average molecular weight is 265 g/mol. The second kappa shape index (κ2) is 6.86. The van der Waals surface area contributed by atoms with Gasteiger partial charge in [-0.15, -0.1) is 0 Å². The second-order valence-electron chi connectivity index (χ2n) is 4.11. The van der Waals surface area contributed by atoms with E-state index in [1.807, 2.05) is 0 Å². The molecule has 0 aliphatic rings. The molecule has 1 unspecified atom stereocenters. The first-order valence-corrected chi connectivity index (χ1v) is 5.88. The van der Waals surface area contributed by atoms with Crippen LogP contribution in [0.15, 0.2) is 18.2 Å². The molecule has 0 bridgehead atoms. The lowest BCUT2D eigenvalue weighted by molar-refractivity contribution is -0.118. The van der Waals surface area contributed by atoms with Crippen molar-refractivity contribution in [2.24, 2.45) is 5.73 Å². The van der Waals surface area contributed by atoms with Crippen LogP contribution in [0.5, 0.6) is 0 Å². The van der Waals surface area contributed by atoms with Gasteiger partial charge in [0.1, 0.15) is 6.04 Å². The summed E-state index contributed by atoms with van der Waals surface area (Å²) in [5.74, 6) is -0.547. The summed E-state index contributed by atoms with van der Waals surface area (Å²) in [5, 5.41) is 5.24. The Bertz CT molecular complexity index is 474. The van der Waals surface area contributed by atoms with Crippen LogP contribution in [0.3, 0.4) is 0 Å². The normalized spacial score (nSPS) is 11.8. The number of carbonyl (C=O) groups is 2. The number of anilines is 1. The fourth-order valence-electron chi connectivity index (χ4n) is 1.63. The maximum Gasteiger partial charge on any atom is 0.251 e. The highest BCUT2D eigenvalue weighted by Crippen LogP contribution is 2.19. The highest BCUT2D eigenvalue weighted by Gasteiger charge is 2.16. The first-order chi connectivity index (χ1) is 9.01. The topological polar surface area (TPSA) is 93.5 Å². The molecule has 2 amide bonds. The number of amides is 2. The van der Waals surface area contributed by atoms with Crippen molar-refractivity contribution in [3.8, 4) is 0 Å². The van der Waals surface area contributed by atoms with Crippen LogP contribution in [-0.4, -0.2) is 38.6 Å². The molecule has 1 rings (SSSR count). The highest BCUT2D eigenvalue weighted by atomic mass is 16.5. The zero-order valence-corrected chi connectivity index (χ0v) is 11.3. The number of carbonyl (C=O) groups excluding carboxylic acids is 2. The smallest absolute Gasteiger partial charge is 0.251 e. The third-order valence-corrected chi connectivity index (χ3v) is 2.75. The largest absolute Gasteiger partial charge is 0.383 e. The van der Waals surface area contributed by atoms with Gasteiger partial charge in [0.25, 0.3) is 5.91 Å². The molecule has 0 spiro atoms. The van der Waals surface area contributed by atoms with Crippen molar-refractivity contribution in [1.82, 2.24) is 5.32 Å². The number of ether oxygens (including phenoxy) is 1. The van der Waals surface area contributed by atoms with Gasteiger partial charge in [0.05, 0.1) is 6.61 Å². The van der Waals surface area contributed by atoms with Crippen LogP contribution in [0.25, 0.3) is 0 Å². The number of hydrogen-bond acceptors (Lipinski definition) is 4. The molecule has 0 aliphatic carbocycles. The predicted molar refractivity (Wildman–Crippen MR) is 73.1 cm³/mol. The number of rotatable bonds is 5. The van der Waals surface area contributed by atoms with Gasteiger partial charge in [0.15, 0.2) is 0 Å².